The molecule has 2 rings (SSSR count). The van der Waals surface area contributed by atoms with Gasteiger partial charge in [0.15, 0.2) is 0 Å². The molecule has 16 heavy (non-hydrogen) atoms. The van der Waals surface area contributed by atoms with Crippen LogP contribution in [0.15, 0.2) is 34.9 Å². The van der Waals surface area contributed by atoms with Crippen molar-refractivity contribution in [3.63, 3.8) is 0 Å². The van der Waals surface area contributed by atoms with E-state index in [2.05, 4.69) is 76.9 Å². The maximum Gasteiger partial charge on any atom is 0.0492 e. The van der Waals surface area contributed by atoms with Crippen LogP contribution >= 0.6 is 15.9 Å². The van der Waals surface area contributed by atoms with Crippen molar-refractivity contribution in [1.82, 2.24) is 9.47 Å². The van der Waals surface area contributed by atoms with Gasteiger partial charge in [-0.2, -0.15) is 0 Å². The molecule has 1 aromatic heterocycles. The fourth-order valence-electron chi connectivity index (χ4n) is 1.76. The Bertz CT molecular complexity index is 488. The molecule has 0 bridgehead atoms. The van der Waals surface area contributed by atoms with E-state index in [4.69, 9.17) is 0 Å². The monoisotopic (exact) mass is 280 g/mol. The van der Waals surface area contributed by atoms with Crippen LogP contribution in [0.4, 0.5) is 0 Å². The van der Waals surface area contributed by atoms with Crippen molar-refractivity contribution in [2.24, 2.45) is 0 Å². The maximum absolute atomic E-state index is 3.52. The van der Waals surface area contributed by atoms with Crippen molar-refractivity contribution in [1.29, 1.82) is 0 Å². The molecule has 0 saturated carbocycles. The molecule has 86 valence electrons. The van der Waals surface area contributed by atoms with Crippen molar-refractivity contribution >= 4 is 26.8 Å². The molecule has 0 fully saturated rings. The Kier molecular flexibility index (Phi) is 3.36. The summed E-state index contributed by atoms with van der Waals surface area (Å²) in [6.45, 7) is 3.26. The number of rotatable bonds is 3. The molecule has 2 nitrogen and oxygen atoms in total. The maximum atomic E-state index is 3.52. The van der Waals surface area contributed by atoms with Gasteiger partial charge < -0.3 is 9.47 Å². The quantitative estimate of drug-likeness (QED) is 0.837. The second-order valence-electron chi connectivity index (χ2n) is 4.48. The number of fused-ring (bicyclic) bond motifs is 1. The van der Waals surface area contributed by atoms with Crippen LogP contribution in [0.5, 0.6) is 0 Å². The Morgan fingerprint density at radius 2 is 2.06 bits per heavy atom. The van der Waals surface area contributed by atoms with Gasteiger partial charge in [-0.3, -0.25) is 0 Å². The van der Waals surface area contributed by atoms with E-state index in [1.165, 1.54) is 10.9 Å². The molecule has 0 amide bonds. The number of hydrogen-bond acceptors (Lipinski definition) is 1. The summed E-state index contributed by atoms with van der Waals surface area (Å²) in [4.78, 5) is 2.24. The molecule has 0 spiro atoms. The molecule has 3 heteroatoms. The second kappa shape index (κ2) is 4.60. The lowest BCUT2D eigenvalue weighted by atomic mass is 10.2. The van der Waals surface area contributed by atoms with Gasteiger partial charge in [-0.05, 0) is 44.6 Å². The van der Waals surface area contributed by atoms with Crippen LogP contribution in [0.2, 0.25) is 0 Å². The second-order valence-corrected chi connectivity index (χ2v) is 5.40. The molecule has 0 N–H and O–H groups in total. The fourth-order valence-corrected chi connectivity index (χ4v) is 2.11. The van der Waals surface area contributed by atoms with Gasteiger partial charge in [0.25, 0.3) is 0 Å². The molecule has 0 saturated heterocycles. The van der Waals surface area contributed by atoms with Gasteiger partial charge >= 0.3 is 0 Å². The summed E-state index contributed by atoms with van der Waals surface area (Å²) in [5, 5.41) is 1.30. The number of benzene rings is 1. The van der Waals surface area contributed by atoms with Gasteiger partial charge in [0.1, 0.15) is 0 Å². The molecule has 1 heterocycles. The summed E-state index contributed by atoms with van der Waals surface area (Å²) in [5.41, 5.74) is 1.29. The highest BCUT2D eigenvalue weighted by Crippen LogP contribution is 2.21. The average Bonchev–Trinajstić information content (AvgIpc) is 2.61. The summed E-state index contributed by atoms with van der Waals surface area (Å²) in [7, 11) is 4.23. The lowest BCUT2D eigenvalue weighted by Crippen LogP contribution is -2.28. The number of aromatic nitrogens is 1. The van der Waals surface area contributed by atoms with E-state index in [1.54, 1.807) is 0 Å². The van der Waals surface area contributed by atoms with Crippen molar-refractivity contribution in [2.75, 3.05) is 14.1 Å². The van der Waals surface area contributed by atoms with Gasteiger partial charge in [-0.25, -0.2) is 0 Å². The van der Waals surface area contributed by atoms with Crippen LogP contribution in [0.25, 0.3) is 10.9 Å². The SMILES string of the molecule is CC(Cn1ccc2ccc(Br)cc21)N(C)C. The minimum Gasteiger partial charge on any atom is -0.346 e. The van der Waals surface area contributed by atoms with E-state index in [0.717, 1.165) is 11.0 Å². The topological polar surface area (TPSA) is 8.17 Å². The molecule has 1 unspecified atom stereocenters. The molecule has 1 atom stereocenters. The zero-order chi connectivity index (χ0) is 11.7. The Morgan fingerprint density at radius 1 is 1.31 bits per heavy atom. The van der Waals surface area contributed by atoms with Crippen molar-refractivity contribution in [3.05, 3.63) is 34.9 Å². The standard InChI is InChI=1S/C13H17BrN2/c1-10(15(2)3)9-16-7-6-11-4-5-12(14)8-13(11)16/h4-8,10H,9H2,1-3H3. The lowest BCUT2D eigenvalue weighted by Gasteiger charge is -2.20. The first-order valence-corrected chi connectivity index (χ1v) is 6.28. The first-order valence-electron chi connectivity index (χ1n) is 5.49. The molecule has 0 aliphatic rings. The zero-order valence-electron chi connectivity index (χ0n) is 9.94. The highest BCUT2D eigenvalue weighted by atomic mass is 79.9. The largest absolute Gasteiger partial charge is 0.346 e. The molecule has 0 aliphatic carbocycles. The van der Waals surface area contributed by atoms with Crippen LogP contribution in [0, 0.1) is 0 Å². The molecular weight excluding hydrogens is 264 g/mol. The lowest BCUT2D eigenvalue weighted by molar-refractivity contribution is 0.286. The Morgan fingerprint density at radius 3 is 2.75 bits per heavy atom. The normalized spacial score (nSPS) is 13.6. The predicted octanol–water partition coefficient (Wildman–Crippen LogP) is 3.35. The highest BCUT2D eigenvalue weighted by Gasteiger charge is 2.07. The number of hydrogen-bond donors (Lipinski definition) is 0. The molecule has 0 radical (unpaired) electrons. The first-order chi connectivity index (χ1) is 7.58. The fraction of sp³-hybridized carbons (Fsp3) is 0.385. The average molecular weight is 281 g/mol. The van der Waals surface area contributed by atoms with Gasteiger partial charge in [-0.15, -0.1) is 0 Å². The zero-order valence-corrected chi connectivity index (χ0v) is 11.5. The Labute approximate surface area is 105 Å². The van der Waals surface area contributed by atoms with Gasteiger partial charge in [0.2, 0.25) is 0 Å². The van der Waals surface area contributed by atoms with Crippen LogP contribution in [0.3, 0.4) is 0 Å². The molecular formula is C13H17BrN2. The molecule has 0 aliphatic heterocycles. The minimum atomic E-state index is 0.537. The van der Waals surface area contributed by atoms with Gasteiger partial charge in [-0.1, -0.05) is 22.0 Å². The summed E-state index contributed by atoms with van der Waals surface area (Å²) in [6, 6.07) is 9.12. The number of likely N-dealkylation sites (N-methyl/N-ethyl adjacent to an activating group) is 1. The van der Waals surface area contributed by atoms with Crippen LogP contribution < -0.4 is 0 Å². The summed E-state index contributed by atoms with van der Waals surface area (Å²) < 4.78 is 3.45. The predicted molar refractivity (Wildman–Crippen MR) is 72.8 cm³/mol. The number of halogens is 1. The van der Waals surface area contributed by atoms with Gasteiger partial charge in [0, 0.05) is 28.8 Å². The summed E-state index contributed by atoms with van der Waals surface area (Å²) in [5.74, 6) is 0. The smallest absolute Gasteiger partial charge is 0.0492 e. The van der Waals surface area contributed by atoms with Crippen LogP contribution in [-0.2, 0) is 6.54 Å². The Hall–Kier alpha value is -0.800. The van der Waals surface area contributed by atoms with Crippen LogP contribution in [0.1, 0.15) is 6.92 Å². The van der Waals surface area contributed by atoms with E-state index in [-0.39, 0.29) is 0 Å². The van der Waals surface area contributed by atoms with Crippen molar-refractivity contribution in [3.8, 4) is 0 Å². The Balaban J connectivity index is 2.34. The summed E-state index contributed by atoms with van der Waals surface area (Å²) >= 11 is 3.52. The van der Waals surface area contributed by atoms with Crippen molar-refractivity contribution in [2.45, 2.75) is 19.5 Å². The minimum absolute atomic E-state index is 0.537. The van der Waals surface area contributed by atoms with Crippen LogP contribution in [-0.4, -0.2) is 29.6 Å². The third kappa shape index (κ3) is 2.30. The van der Waals surface area contributed by atoms with E-state index in [0.29, 0.717) is 6.04 Å². The van der Waals surface area contributed by atoms with E-state index in [1.807, 2.05) is 0 Å². The summed E-state index contributed by atoms with van der Waals surface area (Å²) in [6.07, 6.45) is 2.16. The first kappa shape index (κ1) is 11.7. The van der Waals surface area contributed by atoms with Crippen molar-refractivity contribution < 1.29 is 0 Å². The highest BCUT2D eigenvalue weighted by molar-refractivity contribution is 9.10. The third-order valence-corrected chi connectivity index (χ3v) is 3.57. The van der Waals surface area contributed by atoms with Gasteiger partial charge in [0.05, 0.1) is 0 Å². The van der Waals surface area contributed by atoms with E-state index < -0.39 is 0 Å². The molecule has 2 aromatic rings. The number of nitrogens with zero attached hydrogens (tertiary/aromatic N) is 2. The molecule has 1 aromatic carbocycles. The van der Waals surface area contributed by atoms with E-state index >= 15 is 0 Å². The van der Waals surface area contributed by atoms with E-state index in [9.17, 15) is 0 Å². The third-order valence-electron chi connectivity index (χ3n) is 3.08.